The number of aryl methyl sites for hydroxylation is 2. The van der Waals surface area contributed by atoms with Gasteiger partial charge in [-0.2, -0.15) is 0 Å². The van der Waals surface area contributed by atoms with Gasteiger partial charge in [0.2, 0.25) is 0 Å². The van der Waals surface area contributed by atoms with Gasteiger partial charge in [-0.15, -0.1) is 24.0 Å². The van der Waals surface area contributed by atoms with Gasteiger partial charge in [-0.1, -0.05) is 30.7 Å². The molecule has 1 aliphatic rings. The van der Waals surface area contributed by atoms with Crippen LogP contribution >= 0.6 is 24.0 Å². The largest absolute Gasteiger partial charge is 0.370 e. The molecule has 0 bridgehead atoms. The van der Waals surface area contributed by atoms with E-state index < -0.39 is 0 Å². The molecule has 0 amide bonds. The zero-order valence-corrected chi connectivity index (χ0v) is 16.6. The van der Waals surface area contributed by atoms with Crippen LogP contribution in [0, 0.1) is 13.8 Å². The van der Waals surface area contributed by atoms with Crippen molar-refractivity contribution in [2.24, 2.45) is 10.7 Å². The van der Waals surface area contributed by atoms with E-state index in [1.807, 2.05) is 18.2 Å². The third-order valence-corrected chi connectivity index (χ3v) is 4.90. The molecular formula is C19H25IN4. The molecule has 1 aromatic heterocycles. The molecule has 1 aromatic carbocycles. The van der Waals surface area contributed by atoms with Crippen molar-refractivity contribution in [3.8, 4) is 0 Å². The van der Waals surface area contributed by atoms with Crippen LogP contribution in [0.2, 0.25) is 0 Å². The SMILES string of the molecule is Cc1ccc(C2(CN=C(N)Nc3ccccn3)CCC2)cc1C.I. The maximum atomic E-state index is 6.02. The van der Waals surface area contributed by atoms with Gasteiger partial charge in [-0.3, -0.25) is 4.99 Å². The third kappa shape index (κ3) is 4.06. The summed E-state index contributed by atoms with van der Waals surface area (Å²) < 4.78 is 0. The molecule has 0 saturated heterocycles. The molecule has 128 valence electrons. The number of pyridine rings is 1. The average Bonchev–Trinajstić information content (AvgIpc) is 2.50. The number of nitrogens with two attached hydrogens (primary N) is 1. The van der Waals surface area contributed by atoms with Crippen molar-refractivity contribution in [2.75, 3.05) is 11.9 Å². The zero-order valence-electron chi connectivity index (χ0n) is 14.2. The molecular weight excluding hydrogens is 411 g/mol. The van der Waals surface area contributed by atoms with Gasteiger partial charge in [0.05, 0.1) is 6.54 Å². The number of guanidine groups is 1. The van der Waals surface area contributed by atoms with Gasteiger partial charge in [0.1, 0.15) is 5.82 Å². The Morgan fingerprint density at radius 3 is 2.58 bits per heavy atom. The molecule has 2 aromatic rings. The number of halogens is 1. The van der Waals surface area contributed by atoms with Crippen molar-refractivity contribution in [1.29, 1.82) is 0 Å². The maximum Gasteiger partial charge on any atom is 0.194 e. The molecule has 0 atom stereocenters. The van der Waals surface area contributed by atoms with Crippen molar-refractivity contribution in [1.82, 2.24) is 4.98 Å². The molecule has 1 heterocycles. The monoisotopic (exact) mass is 436 g/mol. The van der Waals surface area contributed by atoms with Crippen LogP contribution in [0.25, 0.3) is 0 Å². The molecule has 0 radical (unpaired) electrons. The van der Waals surface area contributed by atoms with E-state index in [-0.39, 0.29) is 29.4 Å². The number of hydrogen-bond acceptors (Lipinski definition) is 2. The second kappa shape index (κ2) is 7.96. The van der Waals surface area contributed by atoms with Crippen LogP contribution in [0.1, 0.15) is 36.0 Å². The summed E-state index contributed by atoms with van der Waals surface area (Å²) >= 11 is 0. The van der Waals surface area contributed by atoms with Gasteiger partial charge < -0.3 is 11.1 Å². The second-order valence-corrected chi connectivity index (χ2v) is 6.47. The normalized spacial score (nSPS) is 16.0. The lowest BCUT2D eigenvalue weighted by Crippen LogP contribution is -2.38. The topological polar surface area (TPSA) is 63.3 Å². The van der Waals surface area contributed by atoms with Crippen molar-refractivity contribution in [3.05, 3.63) is 59.3 Å². The molecule has 1 aliphatic carbocycles. The van der Waals surface area contributed by atoms with Crippen molar-refractivity contribution >= 4 is 35.8 Å². The number of nitrogens with zero attached hydrogens (tertiary/aromatic N) is 2. The van der Waals surface area contributed by atoms with Gasteiger partial charge >= 0.3 is 0 Å². The van der Waals surface area contributed by atoms with Crippen molar-refractivity contribution in [2.45, 2.75) is 38.5 Å². The van der Waals surface area contributed by atoms with Gasteiger partial charge in [0, 0.05) is 11.6 Å². The summed E-state index contributed by atoms with van der Waals surface area (Å²) in [7, 11) is 0. The Morgan fingerprint density at radius 2 is 2.00 bits per heavy atom. The van der Waals surface area contributed by atoms with E-state index in [1.165, 1.54) is 36.0 Å². The summed E-state index contributed by atoms with van der Waals surface area (Å²) in [5.74, 6) is 1.15. The van der Waals surface area contributed by atoms with Gasteiger partial charge in [-0.05, 0) is 55.5 Å². The number of hydrogen-bond donors (Lipinski definition) is 2. The van der Waals surface area contributed by atoms with Crippen LogP contribution < -0.4 is 11.1 Å². The molecule has 3 rings (SSSR count). The minimum atomic E-state index is 0. The Hall–Kier alpha value is -1.63. The van der Waals surface area contributed by atoms with Crippen molar-refractivity contribution < 1.29 is 0 Å². The molecule has 5 heteroatoms. The molecule has 1 fully saturated rings. The fourth-order valence-corrected chi connectivity index (χ4v) is 3.06. The molecule has 1 saturated carbocycles. The number of rotatable bonds is 4. The van der Waals surface area contributed by atoms with Crippen LogP contribution in [0.3, 0.4) is 0 Å². The summed E-state index contributed by atoms with van der Waals surface area (Å²) in [6.45, 7) is 5.05. The first-order valence-corrected chi connectivity index (χ1v) is 8.15. The van der Waals surface area contributed by atoms with Crippen LogP contribution in [-0.4, -0.2) is 17.5 Å². The first-order chi connectivity index (χ1) is 11.1. The van der Waals surface area contributed by atoms with Crippen LogP contribution in [-0.2, 0) is 5.41 Å². The fourth-order valence-electron chi connectivity index (χ4n) is 3.06. The molecule has 0 unspecified atom stereocenters. The van der Waals surface area contributed by atoms with E-state index in [9.17, 15) is 0 Å². The molecule has 0 spiro atoms. The van der Waals surface area contributed by atoms with Crippen LogP contribution in [0.4, 0.5) is 5.82 Å². The summed E-state index contributed by atoms with van der Waals surface area (Å²) in [6, 6.07) is 12.5. The number of nitrogens with one attached hydrogen (secondary N) is 1. The smallest absolute Gasteiger partial charge is 0.194 e. The van der Waals surface area contributed by atoms with Crippen molar-refractivity contribution in [3.63, 3.8) is 0 Å². The highest BCUT2D eigenvalue weighted by molar-refractivity contribution is 14.0. The standard InChI is InChI=1S/C19H24N4.HI/c1-14-7-8-16(12-15(14)2)19(9-5-10-19)13-22-18(20)23-17-6-3-4-11-21-17;/h3-4,6-8,11-12H,5,9-10,13H2,1-2H3,(H3,20,21,22,23);1H. The summed E-state index contributed by atoms with van der Waals surface area (Å²) in [5.41, 5.74) is 10.2. The van der Waals surface area contributed by atoms with Crippen LogP contribution in [0.15, 0.2) is 47.6 Å². The minimum absolute atomic E-state index is 0. The lowest BCUT2D eigenvalue weighted by Gasteiger charge is -2.41. The van der Waals surface area contributed by atoms with Crippen LogP contribution in [0.5, 0.6) is 0 Å². The fraction of sp³-hybridized carbons (Fsp3) is 0.368. The summed E-state index contributed by atoms with van der Waals surface area (Å²) in [5, 5.41) is 3.05. The lowest BCUT2D eigenvalue weighted by molar-refractivity contribution is 0.253. The predicted octanol–water partition coefficient (Wildman–Crippen LogP) is 4.16. The predicted molar refractivity (Wildman–Crippen MR) is 111 cm³/mol. The lowest BCUT2D eigenvalue weighted by atomic mass is 9.64. The van der Waals surface area contributed by atoms with Gasteiger partial charge in [0.25, 0.3) is 0 Å². The van der Waals surface area contributed by atoms with Gasteiger partial charge in [-0.25, -0.2) is 4.98 Å². The van der Waals surface area contributed by atoms with E-state index >= 15 is 0 Å². The Bertz CT molecular complexity index is 709. The highest BCUT2D eigenvalue weighted by Gasteiger charge is 2.38. The molecule has 24 heavy (non-hydrogen) atoms. The van der Waals surface area contributed by atoms with E-state index in [2.05, 4.69) is 47.3 Å². The second-order valence-electron chi connectivity index (χ2n) is 6.47. The van der Waals surface area contributed by atoms with E-state index in [0.717, 1.165) is 12.4 Å². The van der Waals surface area contributed by atoms with E-state index in [4.69, 9.17) is 5.73 Å². The summed E-state index contributed by atoms with van der Waals surface area (Å²) in [4.78, 5) is 8.79. The maximum absolute atomic E-state index is 6.02. The molecule has 0 aliphatic heterocycles. The Morgan fingerprint density at radius 1 is 1.21 bits per heavy atom. The Balaban J connectivity index is 0.00000208. The first-order valence-electron chi connectivity index (χ1n) is 8.15. The zero-order chi connectivity index (χ0) is 16.3. The van der Waals surface area contributed by atoms with Gasteiger partial charge in [0.15, 0.2) is 5.96 Å². The van der Waals surface area contributed by atoms with E-state index in [0.29, 0.717) is 5.96 Å². The highest BCUT2D eigenvalue weighted by Crippen LogP contribution is 2.44. The highest BCUT2D eigenvalue weighted by atomic mass is 127. The average molecular weight is 436 g/mol. The Labute approximate surface area is 161 Å². The number of aromatic nitrogens is 1. The Kier molecular flexibility index (Phi) is 6.21. The quantitative estimate of drug-likeness (QED) is 0.430. The minimum Gasteiger partial charge on any atom is -0.370 e. The molecule has 3 N–H and O–H groups in total. The summed E-state index contributed by atoms with van der Waals surface area (Å²) in [6.07, 6.45) is 5.35. The third-order valence-electron chi connectivity index (χ3n) is 4.90. The van der Waals surface area contributed by atoms with E-state index in [1.54, 1.807) is 6.20 Å². The first kappa shape index (κ1) is 18.7. The number of aliphatic imine (C=N–C) groups is 1. The molecule has 4 nitrogen and oxygen atoms in total. The number of benzene rings is 1. The number of anilines is 1.